The van der Waals surface area contributed by atoms with E-state index in [1.807, 2.05) is 45.0 Å². The van der Waals surface area contributed by atoms with Gasteiger partial charge in [-0.25, -0.2) is 4.98 Å². The molecule has 1 rings (SSSR count). The highest BCUT2D eigenvalue weighted by molar-refractivity contribution is 7.09. The van der Waals surface area contributed by atoms with Crippen LogP contribution in [0.25, 0.3) is 0 Å². The first-order valence-electron chi connectivity index (χ1n) is 8.63. The van der Waals surface area contributed by atoms with Crippen LogP contribution in [0, 0.1) is 5.92 Å². The van der Waals surface area contributed by atoms with Gasteiger partial charge in [0.05, 0.1) is 18.8 Å². The quantitative estimate of drug-likeness (QED) is 0.395. The Hall–Kier alpha value is -1.67. The number of amides is 1. The van der Waals surface area contributed by atoms with Crippen LogP contribution in [0.5, 0.6) is 0 Å². The minimum Gasteiger partial charge on any atom is -0.375 e. The standard InChI is InChI=1S/C17H31N5O2S/c1-7-18-17(20-9-8-19-15(23)12(2)3)22(5)10-14-11-25-16(21-14)13(4)24-6/h11-13H,7-10H2,1-6H3,(H,18,20)(H,19,23). The Balaban J connectivity index is 2.60. The smallest absolute Gasteiger partial charge is 0.222 e. The van der Waals surface area contributed by atoms with Crippen molar-refractivity contribution in [3.8, 4) is 0 Å². The van der Waals surface area contributed by atoms with E-state index in [-0.39, 0.29) is 17.9 Å². The third-order valence-corrected chi connectivity index (χ3v) is 4.62. The third kappa shape index (κ3) is 7.39. The van der Waals surface area contributed by atoms with Crippen LogP contribution in [0.2, 0.25) is 0 Å². The van der Waals surface area contributed by atoms with Gasteiger partial charge in [-0.05, 0) is 13.8 Å². The van der Waals surface area contributed by atoms with Crippen molar-refractivity contribution in [2.45, 2.75) is 40.3 Å². The predicted molar refractivity (Wildman–Crippen MR) is 103 cm³/mol. The van der Waals surface area contributed by atoms with E-state index in [9.17, 15) is 4.79 Å². The van der Waals surface area contributed by atoms with Crippen LogP contribution in [0.1, 0.15) is 44.5 Å². The molecule has 1 unspecified atom stereocenters. The molecule has 8 heteroatoms. The molecule has 0 aliphatic heterocycles. The molecule has 25 heavy (non-hydrogen) atoms. The van der Waals surface area contributed by atoms with Gasteiger partial charge in [0, 0.05) is 38.5 Å². The number of hydrogen-bond donors (Lipinski definition) is 2. The Morgan fingerprint density at radius 2 is 2.12 bits per heavy atom. The van der Waals surface area contributed by atoms with E-state index in [0.29, 0.717) is 19.6 Å². The highest BCUT2D eigenvalue weighted by Crippen LogP contribution is 2.20. The number of aliphatic imine (C=N–C) groups is 1. The molecule has 142 valence electrons. The predicted octanol–water partition coefficient (Wildman–Crippen LogP) is 2.02. The van der Waals surface area contributed by atoms with E-state index in [1.54, 1.807) is 18.4 Å². The van der Waals surface area contributed by atoms with E-state index >= 15 is 0 Å². The van der Waals surface area contributed by atoms with Crippen molar-refractivity contribution in [3.63, 3.8) is 0 Å². The summed E-state index contributed by atoms with van der Waals surface area (Å²) in [6, 6.07) is 0. The van der Waals surface area contributed by atoms with Crippen molar-refractivity contribution in [3.05, 3.63) is 16.1 Å². The number of aromatic nitrogens is 1. The van der Waals surface area contributed by atoms with Crippen molar-refractivity contribution < 1.29 is 9.53 Å². The zero-order chi connectivity index (χ0) is 18.8. The molecule has 0 radical (unpaired) electrons. The van der Waals surface area contributed by atoms with Crippen molar-refractivity contribution in [2.24, 2.45) is 10.9 Å². The average Bonchev–Trinajstić information content (AvgIpc) is 3.04. The molecule has 0 aliphatic rings. The van der Waals surface area contributed by atoms with Gasteiger partial charge in [0.1, 0.15) is 11.1 Å². The monoisotopic (exact) mass is 369 g/mol. The number of nitrogens with one attached hydrogen (secondary N) is 2. The molecule has 1 atom stereocenters. The highest BCUT2D eigenvalue weighted by atomic mass is 32.1. The molecule has 0 saturated carbocycles. The maximum absolute atomic E-state index is 11.6. The fraction of sp³-hybridized carbons (Fsp3) is 0.706. The summed E-state index contributed by atoms with van der Waals surface area (Å²) in [6.45, 7) is 10.3. The minimum absolute atomic E-state index is 0.00626. The van der Waals surface area contributed by atoms with E-state index in [0.717, 1.165) is 23.2 Å². The number of rotatable bonds is 9. The van der Waals surface area contributed by atoms with E-state index in [4.69, 9.17) is 4.74 Å². The molecular weight excluding hydrogens is 338 g/mol. The molecule has 1 heterocycles. The van der Waals surface area contributed by atoms with Crippen LogP contribution in [0.4, 0.5) is 0 Å². The Morgan fingerprint density at radius 1 is 1.40 bits per heavy atom. The second-order valence-electron chi connectivity index (χ2n) is 6.09. The fourth-order valence-electron chi connectivity index (χ4n) is 2.02. The SMILES string of the molecule is CCNC(=NCCNC(=O)C(C)C)N(C)Cc1csc(C(C)OC)n1. The lowest BCUT2D eigenvalue weighted by Crippen LogP contribution is -2.39. The van der Waals surface area contributed by atoms with Crippen molar-refractivity contribution in [1.29, 1.82) is 0 Å². The lowest BCUT2D eigenvalue weighted by molar-refractivity contribution is -0.123. The summed E-state index contributed by atoms with van der Waals surface area (Å²) in [5.74, 6) is 0.847. The normalized spacial score (nSPS) is 13.0. The minimum atomic E-state index is -0.00626. The van der Waals surface area contributed by atoms with Crippen LogP contribution in [-0.2, 0) is 16.1 Å². The van der Waals surface area contributed by atoms with E-state index in [1.165, 1.54) is 0 Å². The Bertz CT molecular complexity index is 559. The molecule has 1 aromatic heterocycles. The number of guanidine groups is 1. The second kappa shape index (κ2) is 11.0. The molecular formula is C17H31N5O2S. The first-order chi connectivity index (χ1) is 11.9. The lowest BCUT2D eigenvalue weighted by Gasteiger charge is -2.21. The van der Waals surface area contributed by atoms with Gasteiger partial charge >= 0.3 is 0 Å². The molecule has 0 aromatic carbocycles. The van der Waals surface area contributed by atoms with Gasteiger partial charge in [0.25, 0.3) is 0 Å². The van der Waals surface area contributed by atoms with Crippen LogP contribution in [-0.4, -0.2) is 55.5 Å². The zero-order valence-electron chi connectivity index (χ0n) is 16.1. The first-order valence-corrected chi connectivity index (χ1v) is 9.51. The molecule has 1 aromatic rings. The molecule has 0 bridgehead atoms. The molecule has 2 N–H and O–H groups in total. The second-order valence-corrected chi connectivity index (χ2v) is 6.98. The van der Waals surface area contributed by atoms with Crippen molar-refractivity contribution >= 4 is 23.2 Å². The molecule has 0 fully saturated rings. The molecule has 0 saturated heterocycles. The van der Waals surface area contributed by atoms with Gasteiger partial charge in [-0.2, -0.15) is 0 Å². The molecule has 0 aliphatic carbocycles. The summed E-state index contributed by atoms with van der Waals surface area (Å²) < 4.78 is 5.31. The number of methoxy groups -OCH3 is 1. The maximum atomic E-state index is 11.6. The van der Waals surface area contributed by atoms with Crippen LogP contribution in [0.15, 0.2) is 10.4 Å². The molecule has 7 nitrogen and oxygen atoms in total. The van der Waals surface area contributed by atoms with Crippen LogP contribution < -0.4 is 10.6 Å². The number of thiazole rings is 1. The Kier molecular flexibility index (Phi) is 9.44. The first kappa shape index (κ1) is 21.4. The van der Waals surface area contributed by atoms with Crippen molar-refractivity contribution in [2.75, 3.05) is 33.8 Å². The number of carbonyl (C=O) groups excluding carboxylic acids is 1. The summed E-state index contributed by atoms with van der Waals surface area (Å²) in [7, 11) is 3.67. The van der Waals surface area contributed by atoms with E-state index in [2.05, 4.69) is 20.6 Å². The summed E-state index contributed by atoms with van der Waals surface area (Å²) in [6.07, 6.45) is 0.00975. The fourth-order valence-corrected chi connectivity index (χ4v) is 2.86. The Morgan fingerprint density at radius 3 is 2.72 bits per heavy atom. The maximum Gasteiger partial charge on any atom is 0.222 e. The summed E-state index contributed by atoms with van der Waals surface area (Å²) >= 11 is 1.61. The molecule has 0 spiro atoms. The number of nitrogens with zero attached hydrogens (tertiary/aromatic N) is 3. The number of ether oxygens (including phenoxy) is 1. The number of hydrogen-bond acceptors (Lipinski definition) is 5. The van der Waals surface area contributed by atoms with Gasteiger partial charge in [0.15, 0.2) is 5.96 Å². The van der Waals surface area contributed by atoms with Gasteiger partial charge in [0.2, 0.25) is 5.91 Å². The lowest BCUT2D eigenvalue weighted by atomic mass is 10.2. The van der Waals surface area contributed by atoms with Crippen LogP contribution >= 0.6 is 11.3 Å². The number of carbonyl (C=O) groups is 1. The topological polar surface area (TPSA) is 78.9 Å². The Labute approximate surface area is 154 Å². The third-order valence-electron chi connectivity index (χ3n) is 3.56. The van der Waals surface area contributed by atoms with Gasteiger partial charge in [-0.15, -0.1) is 11.3 Å². The summed E-state index contributed by atoms with van der Waals surface area (Å²) in [4.78, 5) is 22.8. The zero-order valence-corrected chi connectivity index (χ0v) is 16.9. The van der Waals surface area contributed by atoms with Gasteiger partial charge in [-0.3, -0.25) is 9.79 Å². The van der Waals surface area contributed by atoms with E-state index < -0.39 is 0 Å². The summed E-state index contributed by atoms with van der Waals surface area (Å²) in [5.41, 5.74) is 0.991. The van der Waals surface area contributed by atoms with Gasteiger partial charge in [-0.1, -0.05) is 13.8 Å². The van der Waals surface area contributed by atoms with Crippen LogP contribution in [0.3, 0.4) is 0 Å². The van der Waals surface area contributed by atoms with Gasteiger partial charge < -0.3 is 20.3 Å². The average molecular weight is 370 g/mol. The highest BCUT2D eigenvalue weighted by Gasteiger charge is 2.12. The largest absolute Gasteiger partial charge is 0.375 e. The summed E-state index contributed by atoms with van der Waals surface area (Å²) in [5, 5.41) is 9.17. The molecule has 1 amide bonds. The van der Waals surface area contributed by atoms with Crippen molar-refractivity contribution in [1.82, 2.24) is 20.5 Å².